The Labute approximate surface area is 202 Å². The van der Waals surface area contributed by atoms with Gasteiger partial charge in [0.2, 0.25) is 0 Å². The Balaban J connectivity index is 0.995. The quantitative estimate of drug-likeness (QED) is 0.615. The first-order chi connectivity index (χ1) is 16.5. The zero-order valence-corrected chi connectivity index (χ0v) is 19.8. The van der Waals surface area contributed by atoms with Gasteiger partial charge in [-0.3, -0.25) is 9.78 Å². The molecule has 1 saturated heterocycles. The van der Waals surface area contributed by atoms with Crippen molar-refractivity contribution in [3.05, 3.63) is 59.9 Å². The van der Waals surface area contributed by atoms with E-state index < -0.39 is 0 Å². The lowest BCUT2D eigenvalue weighted by atomic mass is 9.52. The third kappa shape index (κ3) is 4.46. The summed E-state index contributed by atoms with van der Waals surface area (Å²) in [6.45, 7) is 2.56. The molecule has 1 aromatic carbocycles. The molecule has 4 bridgehead atoms. The minimum absolute atomic E-state index is 0.0568. The fraction of sp³-hybridized carbons (Fsp3) is 0.571. The van der Waals surface area contributed by atoms with Gasteiger partial charge in [0.05, 0.1) is 5.60 Å². The molecule has 6 nitrogen and oxygen atoms in total. The number of aliphatic hydroxyl groups is 1. The highest BCUT2D eigenvalue weighted by Gasteiger charge is 2.54. The molecule has 1 aromatic heterocycles. The SMILES string of the molecule is O=C(NCc1cccnc1)c1ccc(N2CCC(NC3C4CC5CC3CC(O)(C5)C4)CC2)cc1. The Morgan fingerprint density at radius 1 is 1.06 bits per heavy atom. The van der Waals surface area contributed by atoms with Crippen molar-refractivity contribution in [1.29, 1.82) is 0 Å². The minimum atomic E-state index is -0.347. The van der Waals surface area contributed by atoms with Gasteiger partial charge in [0.1, 0.15) is 0 Å². The molecule has 3 N–H and O–H groups in total. The lowest BCUT2D eigenvalue weighted by Crippen LogP contribution is -2.62. The molecule has 2 heterocycles. The van der Waals surface area contributed by atoms with E-state index >= 15 is 0 Å². The van der Waals surface area contributed by atoms with E-state index in [0.717, 1.165) is 56.7 Å². The highest BCUT2D eigenvalue weighted by atomic mass is 16.3. The normalized spacial score (nSPS) is 32.7. The summed E-state index contributed by atoms with van der Waals surface area (Å²) >= 11 is 0. The van der Waals surface area contributed by atoms with Crippen molar-refractivity contribution in [3.8, 4) is 0 Å². The molecule has 7 rings (SSSR count). The molecule has 2 unspecified atom stereocenters. The van der Waals surface area contributed by atoms with Crippen molar-refractivity contribution < 1.29 is 9.90 Å². The van der Waals surface area contributed by atoms with E-state index in [1.807, 2.05) is 24.3 Å². The fourth-order valence-electron chi connectivity index (χ4n) is 7.44. The van der Waals surface area contributed by atoms with Gasteiger partial charge in [-0.05, 0) is 98.6 Å². The molecule has 34 heavy (non-hydrogen) atoms. The maximum Gasteiger partial charge on any atom is 0.251 e. The van der Waals surface area contributed by atoms with Crippen LogP contribution in [-0.4, -0.2) is 46.8 Å². The third-order valence-corrected chi connectivity index (χ3v) is 8.83. The van der Waals surface area contributed by atoms with E-state index in [2.05, 4.69) is 32.7 Å². The molecule has 2 aromatic rings. The molecular weight excluding hydrogens is 424 g/mol. The van der Waals surface area contributed by atoms with Crippen LogP contribution in [0.4, 0.5) is 5.69 Å². The summed E-state index contributed by atoms with van der Waals surface area (Å²) in [6.07, 6.45) is 11.5. The van der Waals surface area contributed by atoms with Crippen molar-refractivity contribution in [2.45, 2.75) is 69.2 Å². The fourth-order valence-corrected chi connectivity index (χ4v) is 7.44. The van der Waals surface area contributed by atoms with E-state index in [4.69, 9.17) is 0 Å². The molecule has 4 aliphatic carbocycles. The topological polar surface area (TPSA) is 77.5 Å². The number of hydrogen-bond acceptors (Lipinski definition) is 5. The molecular formula is C28H36N4O2. The Hall–Kier alpha value is -2.44. The number of aromatic nitrogens is 1. The van der Waals surface area contributed by atoms with Crippen LogP contribution in [0.15, 0.2) is 48.8 Å². The van der Waals surface area contributed by atoms with E-state index in [-0.39, 0.29) is 11.5 Å². The van der Waals surface area contributed by atoms with Crippen LogP contribution in [0.2, 0.25) is 0 Å². The molecule has 1 aliphatic heterocycles. The number of hydrogen-bond donors (Lipinski definition) is 3. The van der Waals surface area contributed by atoms with Gasteiger partial charge in [0.15, 0.2) is 0 Å². The second-order valence-electron chi connectivity index (χ2n) is 11.2. The van der Waals surface area contributed by atoms with Gasteiger partial charge in [-0.25, -0.2) is 0 Å². The predicted molar refractivity (Wildman–Crippen MR) is 133 cm³/mol. The number of pyridine rings is 1. The van der Waals surface area contributed by atoms with Gasteiger partial charge in [-0.15, -0.1) is 0 Å². The molecule has 6 heteroatoms. The lowest BCUT2D eigenvalue weighted by Gasteiger charge is -2.59. The number of nitrogens with zero attached hydrogens (tertiary/aromatic N) is 2. The zero-order valence-electron chi connectivity index (χ0n) is 19.8. The second-order valence-corrected chi connectivity index (χ2v) is 11.2. The molecule has 2 atom stereocenters. The monoisotopic (exact) mass is 460 g/mol. The zero-order chi connectivity index (χ0) is 23.1. The van der Waals surface area contributed by atoms with Gasteiger partial charge >= 0.3 is 0 Å². The van der Waals surface area contributed by atoms with Gasteiger partial charge < -0.3 is 20.6 Å². The van der Waals surface area contributed by atoms with Crippen molar-refractivity contribution in [3.63, 3.8) is 0 Å². The lowest BCUT2D eigenvalue weighted by molar-refractivity contribution is -0.140. The van der Waals surface area contributed by atoms with Gasteiger partial charge in [-0.1, -0.05) is 6.07 Å². The van der Waals surface area contributed by atoms with Crippen LogP contribution >= 0.6 is 0 Å². The Morgan fingerprint density at radius 2 is 1.79 bits per heavy atom. The summed E-state index contributed by atoms with van der Waals surface area (Å²) in [5.74, 6) is 2.05. The highest BCUT2D eigenvalue weighted by Crippen LogP contribution is 2.55. The maximum atomic E-state index is 12.5. The largest absolute Gasteiger partial charge is 0.390 e. The Kier molecular flexibility index (Phi) is 5.82. The van der Waals surface area contributed by atoms with Crippen LogP contribution in [0, 0.1) is 17.8 Å². The second kappa shape index (κ2) is 8.97. The summed E-state index contributed by atoms with van der Waals surface area (Å²) in [7, 11) is 0. The Morgan fingerprint density at radius 3 is 2.44 bits per heavy atom. The number of carbonyl (C=O) groups excluding carboxylic acids is 1. The summed E-state index contributed by atoms with van der Waals surface area (Å²) in [6, 6.07) is 13.0. The van der Waals surface area contributed by atoms with Crippen LogP contribution < -0.4 is 15.5 Å². The third-order valence-electron chi connectivity index (χ3n) is 8.83. The minimum Gasteiger partial charge on any atom is -0.390 e. The van der Waals surface area contributed by atoms with Crippen molar-refractivity contribution in [2.24, 2.45) is 17.8 Å². The van der Waals surface area contributed by atoms with Crippen molar-refractivity contribution >= 4 is 11.6 Å². The first kappa shape index (κ1) is 22.1. The van der Waals surface area contributed by atoms with Crippen LogP contribution in [0.3, 0.4) is 0 Å². The van der Waals surface area contributed by atoms with E-state index in [0.29, 0.717) is 36.0 Å². The van der Waals surface area contributed by atoms with Crippen LogP contribution in [0.5, 0.6) is 0 Å². The molecule has 0 spiro atoms. The summed E-state index contributed by atoms with van der Waals surface area (Å²) in [5, 5.41) is 17.9. The number of piperidine rings is 1. The number of anilines is 1. The van der Waals surface area contributed by atoms with Gasteiger partial charge in [-0.2, -0.15) is 0 Å². The number of carbonyl (C=O) groups is 1. The molecule has 0 radical (unpaired) electrons. The number of rotatable bonds is 6. The average Bonchev–Trinajstić information content (AvgIpc) is 2.85. The van der Waals surface area contributed by atoms with Crippen molar-refractivity contribution in [2.75, 3.05) is 18.0 Å². The Bertz CT molecular complexity index is 987. The average molecular weight is 461 g/mol. The molecule has 180 valence electrons. The standard InChI is InChI=1S/C28H36N4O2/c33-27(30-18-19-2-1-9-29-17-19)21-3-5-25(6-4-21)32-10-7-24(8-11-32)31-26-22-12-20-13-23(26)16-28(34,14-20)15-22/h1-6,9,17,20,22-24,26,31,34H,7-8,10-16,18H2,(H,30,33). The molecule has 1 amide bonds. The van der Waals surface area contributed by atoms with Gasteiger partial charge in [0.25, 0.3) is 5.91 Å². The van der Waals surface area contributed by atoms with E-state index in [9.17, 15) is 9.90 Å². The highest BCUT2D eigenvalue weighted by molar-refractivity contribution is 5.94. The van der Waals surface area contributed by atoms with E-state index in [1.165, 1.54) is 18.5 Å². The first-order valence-corrected chi connectivity index (χ1v) is 13.1. The number of nitrogens with one attached hydrogen (secondary N) is 2. The smallest absolute Gasteiger partial charge is 0.251 e. The summed E-state index contributed by atoms with van der Waals surface area (Å²) in [5.41, 5.74) is 2.53. The van der Waals surface area contributed by atoms with Crippen LogP contribution in [0.1, 0.15) is 60.9 Å². The van der Waals surface area contributed by atoms with Crippen molar-refractivity contribution in [1.82, 2.24) is 15.6 Å². The predicted octanol–water partition coefficient (Wildman–Crippen LogP) is 3.51. The van der Waals surface area contributed by atoms with Crippen LogP contribution in [-0.2, 0) is 6.54 Å². The molecule has 5 fully saturated rings. The van der Waals surface area contributed by atoms with E-state index in [1.54, 1.807) is 12.4 Å². The van der Waals surface area contributed by atoms with Crippen LogP contribution in [0.25, 0.3) is 0 Å². The summed E-state index contributed by atoms with van der Waals surface area (Å²) in [4.78, 5) is 19.0. The number of amides is 1. The first-order valence-electron chi connectivity index (χ1n) is 13.1. The molecule has 4 saturated carbocycles. The molecule has 5 aliphatic rings. The van der Waals surface area contributed by atoms with Gasteiger partial charge in [0, 0.05) is 55.4 Å². The number of benzene rings is 1. The maximum absolute atomic E-state index is 12.5. The summed E-state index contributed by atoms with van der Waals surface area (Å²) < 4.78 is 0.